The van der Waals surface area contributed by atoms with Gasteiger partial charge in [-0.2, -0.15) is 5.10 Å². The number of aromatic nitrogens is 2. The lowest BCUT2D eigenvalue weighted by molar-refractivity contribution is 0.775. The first kappa shape index (κ1) is 13.6. The molecule has 0 aliphatic rings. The van der Waals surface area contributed by atoms with E-state index < -0.39 is 0 Å². The standard InChI is InChI=1S/C13H15BrClN3/c1-8-12(14)9(2)18(17-8)13-10(7-16-3)5-4-6-11(13)15/h4-6,16H,7H2,1-3H3. The maximum absolute atomic E-state index is 6.33. The van der Waals surface area contributed by atoms with E-state index in [1.807, 2.05) is 37.7 Å². The number of hydrogen-bond donors (Lipinski definition) is 1. The second kappa shape index (κ2) is 5.43. The van der Waals surface area contributed by atoms with Gasteiger partial charge in [0.25, 0.3) is 0 Å². The second-order valence-electron chi connectivity index (χ2n) is 4.17. The van der Waals surface area contributed by atoms with E-state index in [9.17, 15) is 0 Å². The second-order valence-corrected chi connectivity index (χ2v) is 5.37. The minimum Gasteiger partial charge on any atom is -0.316 e. The zero-order chi connectivity index (χ0) is 13.3. The lowest BCUT2D eigenvalue weighted by Gasteiger charge is -2.12. The molecule has 1 aromatic heterocycles. The average molecular weight is 329 g/mol. The average Bonchev–Trinajstić information content (AvgIpc) is 2.58. The molecule has 2 rings (SSSR count). The van der Waals surface area contributed by atoms with E-state index in [4.69, 9.17) is 11.6 Å². The Labute approximate surface area is 120 Å². The van der Waals surface area contributed by atoms with Crippen molar-refractivity contribution in [3.8, 4) is 5.69 Å². The number of nitrogens with zero attached hydrogens (tertiary/aromatic N) is 2. The third-order valence-corrected chi connectivity index (χ3v) is 4.31. The summed E-state index contributed by atoms with van der Waals surface area (Å²) in [7, 11) is 1.92. The monoisotopic (exact) mass is 327 g/mol. The predicted molar refractivity (Wildman–Crippen MR) is 78.5 cm³/mol. The summed E-state index contributed by atoms with van der Waals surface area (Å²) in [6, 6.07) is 5.90. The zero-order valence-electron chi connectivity index (χ0n) is 10.6. The van der Waals surface area contributed by atoms with Gasteiger partial charge in [0.15, 0.2) is 0 Å². The van der Waals surface area contributed by atoms with Crippen molar-refractivity contribution in [3.05, 3.63) is 44.6 Å². The number of para-hydroxylation sites is 1. The first-order valence-electron chi connectivity index (χ1n) is 5.70. The van der Waals surface area contributed by atoms with E-state index in [1.54, 1.807) is 0 Å². The molecule has 1 heterocycles. The van der Waals surface area contributed by atoms with Crippen LogP contribution in [0.5, 0.6) is 0 Å². The van der Waals surface area contributed by atoms with Gasteiger partial charge in [-0.3, -0.25) is 0 Å². The van der Waals surface area contributed by atoms with Crippen LogP contribution in [-0.4, -0.2) is 16.8 Å². The molecule has 1 aromatic carbocycles. The topological polar surface area (TPSA) is 29.9 Å². The van der Waals surface area contributed by atoms with Gasteiger partial charge in [-0.05, 0) is 48.5 Å². The molecule has 2 aromatic rings. The van der Waals surface area contributed by atoms with Gasteiger partial charge in [0, 0.05) is 6.54 Å². The summed E-state index contributed by atoms with van der Waals surface area (Å²) in [5, 5.41) is 8.40. The van der Waals surface area contributed by atoms with Gasteiger partial charge in [0.05, 0.1) is 26.6 Å². The number of nitrogens with one attached hydrogen (secondary N) is 1. The fourth-order valence-electron chi connectivity index (χ4n) is 1.97. The van der Waals surface area contributed by atoms with E-state index in [2.05, 4.69) is 32.4 Å². The highest BCUT2D eigenvalue weighted by molar-refractivity contribution is 9.10. The van der Waals surface area contributed by atoms with Gasteiger partial charge in [0.1, 0.15) is 0 Å². The minimum absolute atomic E-state index is 0.709. The van der Waals surface area contributed by atoms with Gasteiger partial charge in [-0.1, -0.05) is 23.7 Å². The molecule has 0 saturated heterocycles. The summed E-state index contributed by atoms with van der Waals surface area (Å²) in [5.41, 5.74) is 4.09. The van der Waals surface area contributed by atoms with Gasteiger partial charge in [-0.15, -0.1) is 0 Å². The summed E-state index contributed by atoms with van der Waals surface area (Å²) in [6.07, 6.45) is 0. The normalized spacial score (nSPS) is 10.9. The van der Waals surface area contributed by atoms with Crippen molar-refractivity contribution in [2.75, 3.05) is 7.05 Å². The van der Waals surface area contributed by atoms with Crippen LogP contribution in [0, 0.1) is 13.8 Å². The number of halogens is 2. The third-order valence-electron chi connectivity index (χ3n) is 2.85. The molecule has 0 atom stereocenters. The Kier molecular flexibility index (Phi) is 4.10. The Morgan fingerprint density at radius 3 is 2.67 bits per heavy atom. The minimum atomic E-state index is 0.709. The Balaban J connectivity index is 2.65. The van der Waals surface area contributed by atoms with Crippen molar-refractivity contribution in [3.63, 3.8) is 0 Å². The Morgan fingerprint density at radius 1 is 1.39 bits per heavy atom. The van der Waals surface area contributed by atoms with Crippen LogP contribution in [0.25, 0.3) is 5.69 Å². The van der Waals surface area contributed by atoms with Crippen LogP contribution in [0.15, 0.2) is 22.7 Å². The Bertz CT molecular complexity index is 578. The molecule has 0 unspecified atom stereocenters. The molecule has 0 aliphatic heterocycles. The van der Waals surface area contributed by atoms with Crippen molar-refractivity contribution < 1.29 is 0 Å². The molecule has 1 N–H and O–H groups in total. The summed E-state index contributed by atoms with van der Waals surface area (Å²) < 4.78 is 2.92. The van der Waals surface area contributed by atoms with E-state index in [1.165, 1.54) is 0 Å². The molecule has 0 aliphatic carbocycles. The molecular weight excluding hydrogens is 314 g/mol. The fourth-order valence-corrected chi connectivity index (χ4v) is 2.49. The molecule has 0 fully saturated rings. The first-order chi connectivity index (χ1) is 8.56. The molecule has 3 nitrogen and oxygen atoms in total. The van der Waals surface area contributed by atoms with E-state index in [-0.39, 0.29) is 0 Å². The lowest BCUT2D eigenvalue weighted by atomic mass is 10.1. The maximum Gasteiger partial charge on any atom is 0.0880 e. The van der Waals surface area contributed by atoms with E-state index >= 15 is 0 Å². The molecule has 0 bridgehead atoms. The molecule has 18 heavy (non-hydrogen) atoms. The highest BCUT2D eigenvalue weighted by Gasteiger charge is 2.15. The quantitative estimate of drug-likeness (QED) is 0.932. The highest BCUT2D eigenvalue weighted by Crippen LogP contribution is 2.29. The summed E-state index contributed by atoms with van der Waals surface area (Å²) in [4.78, 5) is 0. The lowest BCUT2D eigenvalue weighted by Crippen LogP contribution is -2.11. The molecule has 0 amide bonds. The highest BCUT2D eigenvalue weighted by atomic mass is 79.9. The van der Waals surface area contributed by atoms with Crippen molar-refractivity contribution in [1.82, 2.24) is 15.1 Å². The van der Waals surface area contributed by atoms with Crippen molar-refractivity contribution >= 4 is 27.5 Å². The smallest absolute Gasteiger partial charge is 0.0880 e. The molecule has 5 heteroatoms. The van der Waals surface area contributed by atoms with Crippen LogP contribution < -0.4 is 5.32 Å². The molecule has 96 valence electrons. The SMILES string of the molecule is CNCc1cccc(Cl)c1-n1nc(C)c(Br)c1C. The summed E-state index contributed by atoms with van der Waals surface area (Å²) in [6.45, 7) is 4.75. The third kappa shape index (κ3) is 2.32. The van der Waals surface area contributed by atoms with Crippen LogP contribution >= 0.6 is 27.5 Å². The molecule has 0 radical (unpaired) electrons. The van der Waals surface area contributed by atoms with Crippen molar-refractivity contribution in [2.24, 2.45) is 0 Å². The number of aryl methyl sites for hydroxylation is 1. The number of rotatable bonds is 3. The largest absolute Gasteiger partial charge is 0.316 e. The molecular formula is C13H15BrClN3. The van der Waals surface area contributed by atoms with Crippen molar-refractivity contribution in [2.45, 2.75) is 20.4 Å². The van der Waals surface area contributed by atoms with Gasteiger partial charge in [0.2, 0.25) is 0 Å². The zero-order valence-corrected chi connectivity index (χ0v) is 12.9. The number of hydrogen-bond acceptors (Lipinski definition) is 2. The van der Waals surface area contributed by atoms with Gasteiger partial charge in [-0.25, -0.2) is 4.68 Å². The first-order valence-corrected chi connectivity index (χ1v) is 6.87. The number of benzene rings is 1. The van der Waals surface area contributed by atoms with Crippen LogP contribution in [0.2, 0.25) is 5.02 Å². The molecule has 0 spiro atoms. The summed E-state index contributed by atoms with van der Waals surface area (Å²) in [5.74, 6) is 0. The molecule has 0 saturated carbocycles. The Hall–Kier alpha value is -0.840. The summed E-state index contributed by atoms with van der Waals surface area (Å²) >= 11 is 9.87. The fraction of sp³-hybridized carbons (Fsp3) is 0.308. The van der Waals surface area contributed by atoms with Gasteiger partial charge >= 0.3 is 0 Å². The van der Waals surface area contributed by atoms with Crippen LogP contribution in [0.4, 0.5) is 0 Å². The van der Waals surface area contributed by atoms with Gasteiger partial charge < -0.3 is 5.32 Å². The van der Waals surface area contributed by atoms with Crippen LogP contribution in [0.3, 0.4) is 0 Å². The van der Waals surface area contributed by atoms with Crippen LogP contribution in [-0.2, 0) is 6.54 Å². The Morgan fingerprint density at radius 2 is 2.11 bits per heavy atom. The van der Waals surface area contributed by atoms with Crippen LogP contribution in [0.1, 0.15) is 17.0 Å². The predicted octanol–water partition coefficient (Wildman–Crippen LogP) is 3.62. The van der Waals surface area contributed by atoms with E-state index in [0.29, 0.717) is 5.02 Å². The van der Waals surface area contributed by atoms with Crippen molar-refractivity contribution in [1.29, 1.82) is 0 Å². The van der Waals surface area contributed by atoms with E-state index in [0.717, 1.165) is 33.7 Å². The maximum atomic E-state index is 6.33.